The third-order valence-corrected chi connectivity index (χ3v) is 3.93. The maximum Gasteiger partial charge on any atom is 0.297 e. The fourth-order valence-electron chi connectivity index (χ4n) is 2.53. The van der Waals surface area contributed by atoms with Crippen molar-refractivity contribution < 1.29 is 9.15 Å². The van der Waals surface area contributed by atoms with Crippen LogP contribution in [0.1, 0.15) is 5.69 Å². The molecule has 1 aliphatic heterocycles. The van der Waals surface area contributed by atoms with Crippen molar-refractivity contribution in [3.05, 3.63) is 36.2 Å². The van der Waals surface area contributed by atoms with Crippen LogP contribution in [-0.2, 0) is 5.88 Å². The van der Waals surface area contributed by atoms with Gasteiger partial charge in [0.05, 0.1) is 24.4 Å². The van der Waals surface area contributed by atoms with Crippen LogP contribution in [0, 0.1) is 0 Å². The summed E-state index contributed by atoms with van der Waals surface area (Å²) >= 11 is 5.75. The normalized spacial score (nSPS) is 15.3. The first kappa shape index (κ1) is 14.1. The molecule has 0 saturated carbocycles. The highest BCUT2D eigenvalue weighted by atomic mass is 35.5. The largest absolute Gasteiger partial charge is 0.495 e. The molecule has 0 spiro atoms. The van der Waals surface area contributed by atoms with Crippen LogP contribution in [0.4, 0.5) is 11.7 Å². The van der Waals surface area contributed by atoms with Crippen molar-refractivity contribution in [1.29, 1.82) is 0 Å². The number of oxazole rings is 1. The van der Waals surface area contributed by atoms with Gasteiger partial charge in [0, 0.05) is 26.2 Å². The Kier molecular flexibility index (Phi) is 4.20. The summed E-state index contributed by atoms with van der Waals surface area (Å²) in [7, 11) is 1.70. The summed E-state index contributed by atoms with van der Waals surface area (Å²) < 4.78 is 10.9. The summed E-state index contributed by atoms with van der Waals surface area (Å²) in [6, 6.07) is 8.75. The maximum absolute atomic E-state index is 5.75. The van der Waals surface area contributed by atoms with Gasteiger partial charge in [0.1, 0.15) is 12.0 Å². The number of benzene rings is 1. The molecular formula is C15H18ClN3O2. The van der Waals surface area contributed by atoms with E-state index in [9.17, 15) is 0 Å². The van der Waals surface area contributed by atoms with E-state index < -0.39 is 0 Å². The van der Waals surface area contributed by atoms with Crippen LogP contribution in [-0.4, -0.2) is 38.3 Å². The zero-order valence-corrected chi connectivity index (χ0v) is 12.7. The number of ether oxygens (including phenoxy) is 1. The minimum Gasteiger partial charge on any atom is -0.495 e. The van der Waals surface area contributed by atoms with Crippen LogP contribution in [0.15, 0.2) is 34.9 Å². The maximum atomic E-state index is 5.75. The number of nitrogens with zero attached hydrogens (tertiary/aromatic N) is 3. The number of methoxy groups -OCH3 is 1. The van der Waals surface area contributed by atoms with Gasteiger partial charge in [-0.1, -0.05) is 12.1 Å². The second kappa shape index (κ2) is 6.26. The Morgan fingerprint density at radius 1 is 1.19 bits per heavy atom. The van der Waals surface area contributed by atoms with Gasteiger partial charge in [0.25, 0.3) is 6.01 Å². The zero-order valence-electron chi connectivity index (χ0n) is 12.0. The van der Waals surface area contributed by atoms with Crippen molar-refractivity contribution in [3.63, 3.8) is 0 Å². The monoisotopic (exact) mass is 307 g/mol. The summed E-state index contributed by atoms with van der Waals surface area (Å²) in [5.41, 5.74) is 1.91. The Balaban J connectivity index is 1.67. The molecule has 0 amide bonds. The number of aromatic nitrogens is 1. The fraction of sp³-hybridized carbons (Fsp3) is 0.400. The number of hydrogen-bond acceptors (Lipinski definition) is 5. The molecule has 2 aromatic rings. The first-order valence-electron chi connectivity index (χ1n) is 6.95. The average Bonchev–Trinajstić information content (AvgIpc) is 3.04. The standard InChI is InChI=1S/C15H18ClN3O2/c1-20-14-5-3-2-4-13(14)18-6-8-19(9-7-18)15-17-12(10-16)11-21-15/h2-5,11H,6-10H2,1H3. The summed E-state index contributed by atoms with van der Waals surface area (Å²) in [6.45, 7) is 3.53. The molecule has 0 unspecified atom stereocenters. The molecule has 21 heavy (non-hydrogen) atoms. The quantitative estimate of drug-likeness (QED) is 0.813. The van der Waals surface area contributed by atoms with Crippen LogP contribution in [0.3, 0.4) is 0 Å². The van der Waals surface area contributed by atoms with Gasteiger partial charge in [-0.15, -0.1) is 11.6 Å². The summed E-state index contributed by atoms with van der Waals surface area (Å²) in [4.78, 5) is 8.83. The average molecular weight is 308 g/mol. The molecule has 1 aliphatic rings. The van der Waals surface area contributed by atoms with Crippen molar-refractivity contribution in [2.75, 3.05) is 43.1 Å². The van der Waals surface area contributed by atoms with Crippen molar-refractivity contribution in [2.24, 2.45) is 0 Å². The Hall–Kier alpha value is -1.88. The molecule has 112 valence electrons. The minimum atomic E-state index is 0.380. The number of halogens is 1. The van der Waals surface area contributed by atoms with Gasteiger partial charge in [-0.3, -0.25) is 0 Å². The molecular weight excluding hydrogens is 290 g/mol. The Morgan fingerprint density at radius 3 is 2.57 bits per heavy atom. The molecule has 5 nitrogen and oxygen atoms in total. The lowest BCUT2D eigenvalue weighted by atomic mass is 10.2. The molecule has 0 atom stereocenters. The van der Waals surface area contributed by atoms with E-state index in [1.165, 1.54) is 0 Å². The minimum absolute atomic E-state index is 0.380. The molecule has 1 saturated heterocycles. The highest BCUT2D eigenvalue weighted by molar-refractivity contribution is 6.16. The SMILES string of the molecule is COc1ccccc1N1CCN(c2nc(CCl)co2)CC1. The molecule has 6 heteroatoms. The van der Waals surface area contributed by atoms with E-state index in [0.717, 1.165) is 43.3 Å². The summed E-state index contributed by atoms with van der Waals surface area (Å²) in [5.74, 6) is 1.29. The first-order chi connectivity index (χ1) is 10.3. The van der Waals surface area contributed by atoms with E-state index >= 15 is 0 Å². The molecule has 2 heterocycles. The lowest BCUT2D eigenvalue weighted by Crippen LogP contribution is -2.46. The Bertz CT molecular complexity index is 594. The molecule has 0 bridgehead atoms. The third-order valence-electron chi connectivity index (χ3n) is 3.65. The van der Waals surface area contributed by atoms with Crippen LogP contribution in [0.2, 0.25) is 0 Å². The van der Waals surface area contributed by atoms with Crippen molar-refractivity contribution in [2.45, 2.75) is 5.88 Å². The number of piperazine rings is 1. The van der Waals surface area contributed by atoms with E-state index in [2.05, 4.69) is 20.9 Å². The number of anilines is 2. The van der Waals surface area contributed by atoms with Gasteiger partial charge in [0.15, 0.2) is 0 Å². The van der Waals surface area contributed by atoms with Crippen molar-refractivity contribution in [1.82, 2.24) is 4.98 Å². The number of alkyl halides is 1. The predicted molar refractivity (Wildman–Crippen MR) is 83.5 cm³/mol. The summed E-state index contributed by atoms with van der Waals surface area (Å²) in [6.07, 6.45) is 1.62. The van der Waals surface area contributed by atoms with Crippen LogP contribution in [0.5, 0.6) is 5.75 Å². The molecule has 0 N–H and O–H groups in total. The van der Waals surface area contributed by atoms with Gasteiger partial charge in [-0.25, -0.2) is 0 Å². The van der Waals surface area contributed by atoms with Gasteiger partial charge in [-0.05, 0) is 12.1 Å². The molecule has 1 fully saturated rings. The van der Waals surface area contributed by atoms with Crippen molar-refractivity contribution >= 4 is 23.3 Å². The third kappa shape index (κ3) is 2.93. The summed E-state index contributed by atoms with van der Waals surface area (Å²) in [5, 5.41) is 0. The Morgan fingerprint density at radius 2 is 1.90 bits per heavy atom. The van der Waals surface area contributed by atoms with E-state index in [1.54, 1.807) is 13.4 Å². The van der Waals surface area contributed by atoms with Gasteiger partial charge in [0.2, 0.25) is 0 Å². The van der Waals surface area contributed by atoms with Crippen LogP contribution < -0.4 is 14.5 Å². The van der Waals surface area contributed by atoms with E-state index in [0.29, 0.717) is 11.9 Å². The molecule has 0 radical (unpaired) electrons. The smallest absolute Gasteiger partial charge is 0.297 e. The van der Waals surface area contributed by atoms with Gasteiger partial charge >= 0.3 is 0 Å². The van der Waals surface area contributed by atoms with Crippen LogP contribution in [0.25, 0.3) is 0 Å². The highest BCUT2D eigenvalue weighted by Gasteiger charge is 2.22. The Labute approximate surface area is 129 Å². The van der Waals surface area contributed by atoms with E-state index in [1.807, 2.05) is 18.2 Å². The second-order valence-corrected chi connectivity index (χ2v) is 5.17. The lowest BCUT2D eigenvalue weighted by Gasteiger charge is -2.35. The van der Waals surface area contributed by atoms with Gasteiger partial charge in [-0.2, -0.15) is 4.98 Å². The lowest BCUT2D eigenvalue weighted by molar-refractivity contribution is 0.413. The van der Waals surface area contributed by atoms with E-state index in [-0.39, 0.29) is 0 Å². The molecule has 3 rings (SSSR count). The fourth-order valence-corrected chi connectivity index (χ4v) is 2.66. The highest BCUT2D eigenvalue weighted by Crippen LogP contribution is 2.29. The van der Waals surface area contributed by atoms with Gasteiger partial charge < -0.3 is 19.0 Å². The number of hydrogen-bond donors (Lipinski definition) is 0. The van der Waals surface area contributed by atoms with Crippen LogP contribution >= 0.6 is 11.6 Å². The van der Waals surface area contributed by atoms with Crippen molar-refractivity contribution in [3.8, 4) is 5.75 Å². The topological polar surface area (TPSA) is 41.7 Å². The molecule has 1 aromatic carbocycles. The predicted octanol–water partition coefficient (Wildman–Crippen LogP) is 2.75. The van der Waals surface area contributed by atoms with E-state index in [4.69, 9.17) is 20.8 Å². The molecule has 0 aliphatic carbocycles. The molecule has 1 aromatic heterocycles. The number of para-hydroxylation sites is 2. The second-order valence-electron chi connectivity index (χ2n) is 4.90. The first-order valence-corrected chi connectivity index (χ1v) is 7.48. The number of rotatable bonds is 4. The zero-order chi connectivity index (χ0) is 14.7.